The highest BCUT2D eigenvalue weighted by Gasteiger charge is 2.79. The number of nitrogens with one attached hydrogen (secondary N) is 1. The van der Waals surface area contributed by atoms with Crippen LogP contribution in [0.3, 0.4) is 0 Å². The Bertz CT molecular complexity index is 412. The molecule has 12 heteroatoms. The van der Waals surface area contributed by atoms with E-state index in [2.05, 4.69) is 0 Å². The lowest BCUT2D eigenvalue weighted by atomic mass is 10.3. The summed E-state index contributed by atoms with van der Waals surface area (Å²) in [5.74, 6) is -8.57. The summed E-state index contributed by atoms with van der Waals surface area (Å²) >= 11 is 0. The van der Waals surface area contributed by atoms with Crippen LogP contribution < -0.4 is 4.72 Å². The lowest BCUT2D eigenvalue weighted by Crippen LogP contribution is -2.59. The van der Waals surface area contributed by atoms with Crippen LogP contribution in [0.25, 0.3) is 0 Å². The van der Waals surface area contributed by atoms with E-state index in [9.17, 15) is 43.9 Å². The lowest BCUT2D eigenvalue weighted by molar-refractivity contribution is -0.332. The minimum absolute atomic E-state index is 0.341. The molecule has 0 aliphatic heterocycles. The first-order valence-electron chi connectivity index (χ1n) is 3.52. The van der Waals surface area contributed by atoms with Gasteiger partial charge in [-0.15, -0.1) is 0 Å². The molecule has 0 bridgehead atoms. The molecule has 0 aliphatic carbocycles. The summed E-state index contributed by atoms with van der Waals surface area (Å²) in [7, 11) is -6.50. The minimum atomic E-state index is -6.83. The molecule has 0 aromatic heterocycles. The molecule has 1 amide bonds. The fraction of sp³-hybridized carbons (Fsp3) is 0.800. The van der Waals surface area contributed by atoms with Gasteiger partial charge in [0, 0.05) is 6.92 Å². The summed E-state index contributed by atoms with van der Waals surface area (Å²) in [5, 5.41) is -6.51. The number of alkyl halides is 7. The molecule has 0 unspecified atom stereocenters. The third-order valence-corrected chi connectivity index (χ3v) is 2.82. The first-order chi connectivity index (χ1) is 7.17. The fourth-order valence-corrected chi connectivity index (χ4v) is 1.55. The molecule has 0 spiro atoms. The predicted octanol–water partition coefficient (Wildman–Crippen LogP) is 1.24. The van der Waals surface area contributed by atoms with E-state index in [0.717, 1.165) is 0 Å². The van der Waals surface area contributed by atoms with Crippen LogP contribution in [0, 0.1) is 0 Å². The Hall–Kier alpha value is -1.07. The van der Waals surface area contributed by atoms with Crippen molar-refractivity contribution in [1.82, 2.24) is 4.72 Å². The highest BCUT2D eigenvalue weighted by molar-refractivity contribution is 7.91. The number of hydrogen-bond donors (Lipinski definition) is 1. The second-order valence-corrected chi connectivity index (χ2v) is 4.47. The van der Waals surface area contributed by atoms with Gasteiger partial charge in [-0.2, -0.15) is 39.2 Å². The number of halogens is 7. The van der Waals surface area contributed by atoms with Crippen LogP contribution >= 0.6 is 0 Å². The third-order valence-electron chi connectivity index (χ3n) is 1.34. The Morgan fingerprint density at radius 3 is 1.59 bits per heavy atom. The van der Waals surface area contributed by atoms with Crippen LogP contribution in [0.4, 0.5) is 30.7 Å². The van der Waals surface area contributed by atoms with E-state index in [1.807, 2.05) is 0 Å². The SMILES string of the molecule is CC(=O)NS(=O)(=O)C(F)(F)C(F)(F)C(F)(F)F. The highest BCUT2D eigenvalue weighted by Crippen LogP contribution is 2.48. The van der Waals surface area contributed by atoms with Gasteiger partial charge in [-0.25, -0.2) is 4.72 Å². The van der Waals surface area contributed by atoms with Gasteiger partial charge < -0.3 is 0 Å². The first-order valence-corrected chi connectivity index (χ1v) is 5.00. The van der Waals surface area contributed by atoms with Crippen LogP contribution in [-0.4, -0.2) is 31.7 Å². The van der Waals surface area contributed by atoms with Gasteiger partial charge in [0.2, 0.25) is 5.91 Å². The maximum atomic E-state index is 12.6. The molecular formula is C5H4F7NO3S. The van der Waals surface area contributed by atoms with Crippen molar-refractivity contribution in [1.29, 1.82) is 0 Å². The monoisotopic (exact) mass is 291 g/mol. The standard InChI is InChI=1S/C5H4F7NO3S/c1-2(14)13-17(15,16)5(11,12)3(6,7)4(8,9)10/h1H3,(H,13,14). The van der Waals surface area contributed by atoms with E-state index in [1.165, 1.54) is 0 Å². The van der Waals surface area contributed by atoms with E-state index in [4.69, 9.17) is 0 Å². The zero-order valence-corrected chi connectivity index (χ0v) is 8.60. The Morgan fingerprint density at radius 1 is 1.00 bits per heavy atom. The molecular weight excluding hydrogens is 287 g/mol. The molecule has 0 aliphatic rings. The van der Waals surface area contributed by atoms with Crippen LogP contribution in [0.5, 0.6) is 0 Å². The van der Waals surface area contributed by atoms with Crippen molar-refractivity contribution in [2.24, 2.45) is 0 Å². The van der Waals surface area contributed by atoms with Gasteiger partial charge in [-0.1, -0.05) is 0 Å². The van der Waals surface area contributed by atoms with E-state index in [1.54, 1.807) is 0 Å². The molecule has 102 valence electrons. The largest absolute Gasteiger partial charge is 0.461 e. The van der Waals surface area contributed by atoms with Crippen molar-refractivity contribution in [3.05, 3.63) is 0 Å². The number of sulfonamides is 1. The second kappa shape index (κ2) is 3.99. The van der Waals surface area contributed by atoms with Gasteiger partial charge in [0.1, 0.15) is 0 Å². The van der Waals surface area contributed by atoms with E-state index >= 15 is 0 Å². The normalized spacial score (nSPS) is 14.6. The van der Waals surface area contributed by atoms with Gasteiger partial charge in [-0.3, -0.25) is 4.79 Å². The molecule has 0 aromatic rings. The van der Waals surface area contributed by atoms with Crippen LogP contribution in [0.2, 0.25) is 0 Å². The van der Waals surface area contributed by atoms with Crippen LogP contribution in [-0.2, 0) is 14.8 Å². The molecule has 17 heavy (non-hydrogen) atoms. The molecule has 0 aromatic carbocycles. The molecule has 0 saturated carbocycles. The number of carbonyl (C=O) groups excluding carboxylic acids is 1. The average Bonchev–Trinajstić information content (AvgIpc) is 1.98. The molecule has 0 heterocycles. The second-order valence-electron chi connectivity index (χ2n) is 2.75. The van der Waals surface area contributed by atoms with Crippen molar-refractivity contribution >= 4 is 15.9 Å². The summed E-state index contributed by atoms with van der Waals surface area (Å²) < 4.78 is 106. The average molecular weight is 291 g/mol. The van der Waals surface area contributed by atoms with E-state index in [-0.39, 0.29) is 0 Å². The van der Waals surface area contributed by atoms with Gasteiger partial charge in [-0.05, 0) is 0 Å². The van der Waals surface area contributed by atoms with Gasteiger partial charge in [0.15, 0.2) is 0 Å². The number of hydrogen-bond acceptors (Lipinski definition) is 3. The quantitative estimate of drug-likeness (QED) is 0.796. The summed E-state index contributed by atoms with van der Waals surface area (Å²) in [4.78, 5) is 10.1. The van der Waals surface area contributed by atoms with Crippen LogP contribution in [0.1, 0.15) is 6.92 Å². The highest BCUT2D eigenvalue weighted by atomic mass is 32.2. The summed E-state index contributed by atoms with van der Waals surface area (Å²) in [6, 6.07) is 0. The van der Waals surface area contributed by atoms with Crippen molar-refractivity contribution < 1.29 is 43.9 Å². The first kappa shape index (κ1) is 15.9. The minimum Gasteiger partial charge on any atom is -0.274 e. The molecule has 4 nitrogen and oxygen atoms in total. The molecule has 0 radical (unpaired) electrons. The van der Waals surface area contributed by atoms with Crippen molar-refractivity contribution in [2.45, 2.75) is 24.3 Å². The molecule has 0 atom stereocenters. The van der Waals surface area contributed by atoms with Crippen molar-refractivity contribution in [2.75, 3.05) is 0 Å². The van der Waals surface area contributed by atoms with Crippen molar-refractivity contribution in [3.8, 4) is 0 Å². The molecule has 0 fully saturated rings. The fourth-order valence-electron chi connectivity index (χ4n) is 0.587. The smallest absolute Gasteiger partial charge is 0.274 e. The topological polar surface area (TPSA) is 63.2 Å². The lowest BCUT2D eigenvalue weighted by Gasteiger charge is -2.27. The Morgan fingerprint density at radius 2 is 1.35 bits per heavy atom. The predicted molar refractivity (Wildman–Crippen MR) is 38.7 cm³/mol. The Labute approximate surface area is 89.8 Å². The number of carbonyl (C=O) groups is 1. The summed E-state index contributed by atoms with van der Waals surface area (Å²) in [5.41, 5.74) is 0. The van der Waals surface area contributed by atoms with Gasteiger partial charge >= 0.3 is 27.4 Å². The summed E-state index contributed by atoms with van der Waals surface area (Å²) in [6.45, 7) is 0.347. The Balaban J connectivity index is 5.65. The zero-order valence-electron chi connectivity index (χ0n) is 7.78. The van der Waals surface area contributed by atoms with E-state index < -0.39 is 33.3 Å². The Kier molecular flexibility index (Phi) is 3.74. The third kappa shape index (κ3) is 2.61. The molecule has 1 N–H and O–H groups in total. The maximum absolute atomic E-state index is 12.6. The van der Waals surface area contributed by atoms with Crippen LogP contribution in [0.15, 0.2) is 0 Å². The van der Waals surface area contributed by atoms with Crippen molar-refractivity contribution in [3.63, 3.8) is 0 Å². The molecule has 0 saturated heterocycles. The van der Waals surface area contributed by atoms with E-state index in [0.29, 0.717) is 11.6 Å². The van der Waals surface area contributed by atoms with Gasteiger partial charge in [0.05, 0.1) is 0 Å². The summed E-state index contributed by atoms with van der Waals surface area (Å²) in [6.07, 6.45) is -6.79. The zero-order chi connectivity index (χ0) is 14.3. The molecule has 0 rings (SSSR count). The number of rotatable bonds is 3. The number of amides is 1. The van der Waals surface area contributed by atoms with Gasteiger partial charge in [0.25, 0.3) is 0 Å². The maximum Gasteiger partial charge on any atom is 0.461 e.